The number of hydrogen-bond donors (Lipinski definition) is 1. The molecule has 6 nitrogen and oxygen atoms in total. The van der Waals surface area contributed by atoms with Crippen LogP contribution < -0.4 is 10.1 Å². The highest BCUT2D eigenvalue weighted by Gasteiger charge is 2.25. The topological polar surface area (TPSA) is 75.7 Å². The average Bonchev–Trinajstić information content (AvgIpc) is 2.98. The smallest absolute Gasteiger partial charge is 0.255 e. The number of benzene rings is 2. The van der Waals surface area contributed by atoms with E-state index in [4.69, 9.17) is 4.74 Å². The third-order valence-electron chi connectivity index (χ3n) is 4.65. The summed E-state index contributed by atoms with van der Waals surface area (Å²) in [4.78, 5) is 12.6. The summed E-state index contributed by atoms with van der Waals surface area (Å²) >= 11 is 0. The first-order chi connectivity index (χ1) is 13.0. The molecule has 1 heterocycles. The van der Waals surface area contributed by atoms with Crippen LogP contribution >= 0.6 is 0 Å². The molecule has 1 N–H and O–H groups in total. The van der Waals surface area contributed by atoms with E-state index in [1.165, 1.54) is 0 Å². The largest absolute Gasteiger partial charge is 0.497 e. The number of amides is 1. The van der Waals surface area contributed by atoms with Gasteiger partial charge in [-0.25, -0.2) is 8.42 Å². The second-order valence-electron chi connectivity index (χ2n) is 6.53. The van der Waals surface area contributed by atoms with E-state index in [1.807, 2.05) is 0 Å². The fraction of sp³-hybridized carbons (Fsp3) is 0.350. The molecule has 2 aromatic rings. The summed E-state index contributed by atoms with van der Waals surface area (Å²) in [5, 5.41) is 2.77. The summed E-state index contributed by atoms with van der Waals surface area (Å²) in [6, 6.07) is 13.2. The predicted octanol–water partition coefficient (Wildman–Crippen LogP) is 3.51. The summed E-state index contributed by atoms with van der Waals surface area (Å²) < 4.78 is 32.3. The van der Waals surface area contributed by atoms with Crippen molar-refractivity contribution < 1.29 is 17.9 Å². The fourth-order valence-electron chi connectivity index (χ4n) is 3.11. The molecular formula is C20H24N2O4S. The Hall–Kier alpha value is -2.38. The molecule has 2 aromatic carbocycles. The Bertz CT molecular complexity index is 886. The van der Waals surface area contributed by atoms with Gasteiger partial charge in [-0.2, -0.15) is 4.31 Å². The Balaban J connectivity index is 1.72. The van der Waals surface area contributed by atoms with Crippen molar-refractivity contribution >= 4 is 21.6 Å². The molecule has 0 bridgehead atoms. The van der Waals surface area contributed by atoms with Gasteiger partial charge in [0, 0.05) is 24.3 Å². The van der Waals surface area contributed by atoms with Gasteiger partial charge in [-0.05, 0) is 55.3 Å². The third-order valence-corrected chi connectivity index (χ3v) is 6.56. The van der Waals surface area contributed by atoms with Gasteiger partial charge in [-0.15, -0.1) is 0 Å². The zero-order valence-corrected chi connectivity index (χ0v) is 16.2. The molecule has 1 aliphatic rings. The zero-order valence-electron chi connectivity index (χ0n) is 15.3. The molecule has 0 aromatic heterocycles. The Morgan fingerprint density at radius 1 is 1.00 bits per heavy atom. The molecule has 0 unspecified atom stereocenters. The summed E-state index contributed by atoms with van der Waals surface area (Å²) in [7, 11) is -1.95. The molecule has 27 heavy (non-hydrogen) atoms. The normalized spacial score (nSPS) is 15.7. The molecule has 0 spiro atoms. The van der Waals surface area contributed by atoms with Crippen LogP contribution in [0.3, 0.4) is 0 Å². The molecule has 0 atom stereocenters. The Morgan fingerprint density at radius 2 is 1.67 bits per heavy atom. The number of methoxy groups -OCH3 is 1. The summed E-state index contributed by atoms with van der Waals surface area (Å²) in [6.45, 7) is 1.13. The Morgan fingerprint density at radius 3 is 2.30 bits per heavy atom. The number of nitrogens with one attached hydrogen (secondary N) is 1. The van der Waals surface area contributed by atoms with Crippen LogP contribution in [0.15, 0.2) is 53.4 Å². The number of nitrogens with zero attached hydrogens (tertiary/aromatic N) is 1. The van der Waals surface area contributed by atoms with Crippen LogP contribution in [0, 0.1) is 0 Å². The molecule has 0 radical (unpaired) electrons. The van der Waals surface area contributed by atoms with Crippen LogP contribution in [0.2, 0.25) is 0 Å². The molecule has 3 rings (SSSR count). The summed E-state index contributed by atoms with van der Waals surface area (Å²) in [5.74, 6) is 0.318. The highest BCUT2D eigenvalue weighted by atomic mass is 32.2. The van der Waals surface area contributed by atoms with Gasteiger partial charge in [0.2, 0.25) is 10.0 Å². The standard InChI is InChI=1S/C20H24N2O4S/c1-26-18-8-6-7-16(15-18)20(23)21-17-9-11-19(12-10-17)27(24,25)22-13-4-2-3-5-14-22/h6-12,15H,2-5,13-14H2,1H3,(H,21,23). The fourth-order valence-corrected chi connectivity index (χ4v) is 4.63. The van der Waals surface area contributed by atoms with E-state index < -0.39 is 10.0 Å². The number of anilines is 1. The molecule has 144 valence electrons. The maximum Gasteiger partial charge on any atom is 0.255 e. The van der Waals surface area contributed by atoms with E-state index in [-0.39, 0.29) is 10.8 Å². The van der Waals surface area contributed by atoms with Crippen molar-refractivity contribution in [2.45, 2.75) is 30.6 Å². The van der Waals surface area contributed by atoms with Crippen molar-refractivity contribution in [1.29, 1.82) is 0 Å². The van der Waals surface area contributed by atoms with Crippen LogP contribution in [-0.2, 0) is 10.0 Å². The number of carbonyl (C=O) groups excluding carboxylic acids is 1. The zero-order chi connectivity index (χ0) is 19.3. The first kappa shape index (κ1) is 19.4. The van der Waals surface area contributed by atoms with Crippen LogP contribution in [0.1, 0.15) is 36.0 Å². The molecule has 7 heteroatoms. The summed E-state index contributed by atoms with van der Waals surface area (Å²) in [5.41, 5.74) is 1.01. The molecular weight excluding hydrogens is 364 g/mol. The van der Waals surface area contributed by atoms with Crippen LogP contribution in [0.4, 0.5) is 5.69 Å². The molecule has 1 aliphatic heterocycles. The van der Waals surface area contributed by atoms with Gasteiger partial charge < -0.3 is 10.1 Å². The SMILES string of the molecule is COc1cccc(C(=O)Nc2ccc(S(=O)(=O)N3CCCCCC3)cc2)c1. The highest BCUT2D eigenvalue weighted by Crippen LogP contribution is 2.22. The minimum atomic E-state index is -3.49. The number of carbonyl (C=O) groups is 1. The number of rotatable bonds is 5. The molecule has 0 saturated carbocycles. The number of ether oxygens (including phenoxy) is 1. The lowest BCUT2D eigenvalue weighted by Crippen LogP contribution is -2.31. The van der Waals surface area contributed by atoms with Crippen LogP contribution in [0.25, 0.3) is 0 Å². The van der Waals surface area contributed by atoms with Crippen molar-refractivity contribution in [3.63, 3.8) is 0 Å². The van der Waals surface area contributed by atoms with Gasteiger partial charge in [0.1, 0.15) is 5.75 Å². The second-order valence-corrected chi connectivity index (χ2v) is 8.47. The minimum absolute atomic E-state index is 0.253. The van der Waals surface area contributed by atoms with E-state index in [9.17, 15) is 13.2 Å². The lowest BCUT2D eigenvalue weighted by atomic mass is 10.2. The molecule has 1 fully saturated rings. The predicted molar refractivity (Wildman–Crippen MR) is 105 cm³/mol. The Kier molecular flexibility index (Phi) is 6.13. The van der Waals surface area contributed by atoms with Gasteiger partial charge >= 0.3 is 0 Å². The minimum Gasteiger partial charge on any atom is -0.497 e. The van der Waals surface area contributed by atoms with Gasteiger partial charge in [-0.1, -0.05) is 18.9 Å². The average molecular weight is 388 g/mol. The van der Waals surface area contributed by atoms with Gasteiger partial charge in [0.25, 0.3) is 5.91 Å². The van der Waals surface area contributed by atoms with Crippen molar-refractivity contribution in [2.24, 2.45) is 0 Å². The summed E-state index contributed by atoms with van der Waals surface area (Å²) in [6.07, 6.45) is 3.93. The highest BCUT2D eigenvalue weighted by molar-refractivity contribution is 7.89. The maximum atomic E-state index is 12.8. The van der Waals surface area contributed by atoms with Crippen LogP contribution in [-0.4, -0.2) is 38.8 Å². The van der Waals surface area contributed by atoms with Crippen molar-refractivity contribution in [3.05, 3.63) is 54.1 Å². The second kappa shape index (κ2) is 8.54. The quantitative estimate of drug-likeness (QED) is 0.850. The van der Waals surface area contributed by atoms with Crippen LogP contribution in [0.5, 0.6) is 5.75 Å². The van der Waals surface area contributed by atoms with Gasteiger partial charge in [-0.3, -0.25) is 4.79 Å². The van der Waals surface area contributed by atoms with Gasteiger partial charge in [0.05, 0.1) is 12.0 Å². The van der Waals surface area contributed by atoms with E-state index in [2.05, 4.69) is 5.32 Å². The molecule has 0 aliphatic carbocycles. The van der Waals surface area contributed by atoms with Crippen molar-refractivity contribution in [2.75, 3.05) is 25.5 Å². The Labute approximate surface area is 160 Å². The van der Waals surface area contributed by atoms with E-state index in [0.29, 0.717) is 30.1 Å². The first-order valence-electron chi connectivity index (χ1n) is 9.06. The number of hydrogen-bond acceptors (Lipinski definition) is 4. The maximum absolute atomic E-state index is 12.8. The van der Waals surface area contributed by atoms with Gasteiger partial charge in [0.15, 0.2) is 0 Å². The third kappa shape index (κ3) is 4.67. The van der Waals surface area contributed by atoms with E-state index in [1.54, 1.807) is 59.9 Å². The monoisotopic (exact) mass is 388 g/mol. The lowest BCUT2D eigenvalue weighted by Gasteiger charge is -2.20. The molecule has 1 amide bonds. The van der Waals surface area contributed by atoms with E-state index >= 15 is 0 Å². The number of sulfonamides is 1. The molecule has 1 saturated heterocycles. The lowest BCUT2D eigenvalue weighted by molar-refractivity contribution is 0.102. The van der Waals surface area contributed by atoms with Crippen molar-refractivity contribution in [1.82, 2.24) is 4.31 Å². The van der Waals surface area contributed by atoms with Crippen molar-refractivity contribution in [3.8, 4) is 5.75 Å². The first-order valence-corrected chi connectivity index (χ1v) is 10.5. The van der Waals surface area contributed by atoms with E-state index in [0.717, 1.165) is 25.7 Å².